The molecule has 5 heteroatoms. The van der Waals surface area contributed by atoms with Crippen LogP contribution in [0.5, 0.6) is 11.5 Å². The second-order valence-corrected chi connectivity index (χ2v) is 6.76. The Morgan fingerprint density at radius 3 is 2.04 bits per heavy atom. The van der Waals surface area contributed by atoms with Crippen LogP contribution in [0.1, 0.15) is 31.2 Å². The van der Waals surface area contributed by atoms with Crippen LogP contribution in [0.15, 0.2) is 48.5 Å². The van der Waals surface area contributed by atoms with Gasteiger partial charge in [0, 0.05) is 5.69 Å². The number of hydrogen-bond donors (Lipinski definition) is 2. The van der Waals surface area contributed by atoms with Crippen LogP contribution in [-0.4, -0.2) is 17.0 Å². The number of hydrogen-bond acceptors (Lipinski definition) is 3. The lowest BCUT2D eigenvalue weighted by Crippen LogP contribution is -2.36. The molecule has 0 aliphatic heterocycles. The maximum absolute atomic E-state index is 12.5. The van der Waals surface area contributed by atoms with Crippen molar-refractivity contribution in [3.05, 3.63) is 54.1 Å². The molecule has 0 saturated heterocycles. The van der Waals surface area contributed by atoms with Gasteiger partial charge in [0.15, 0.2) is 0 Å². The summed E-state index contributed by atoms with van der Waals surface area (Å²) in [7, 11) is 0. The Bertz CT molecular complexity index is 768. The lowest BCUT2D eigenvalue weighted by molar-refractivity contribution is -0.147. The molecule has 5 nitrogen and oxygen atoms in total. The third-order valence-electron chi connectivity index (χ3n) is 4.80. The summed E-state index contributed by atoms with van der Waals surface area (Å²) in [6, 6.07) is 14.9. The Hall–Kier alpha value is -2.82. The number of anilines is 1. The number of benzene rings is 2. The minimum Gasteiger partial charge on any atom is -0.481 e. The Labute approximate surface area is 153 Å². The Morgan fingerprint density at radius 2 is 1.46 bits per heavy atom. The van der Waals surface area contributed by atoms with E-state index in [1.54, 1.807) is 24.3 Å². The standard InChI is InChI=1S/C21H23NO4/c1-14-6-10-16(11-7-14)26-17-12-8-15(9-13-17)22-20(23)18-4-2-3-5-19(18)21(24)25/h6-13,18-19H,2-5H2,1H3,(H,22,23)(H,24,25)/t18-,19-/m1/s1. The van der Waals surface area contributed by atoms with Gasteiger partial charge in [0.1, 0.15) is 11.5 Å². The van der Waals surface area contributed by atoms with Crippen LogP contribution in [0.25, 0.3) is 0 Å². The molecule has 2 N–H and O–H groups in total. The van der Waals surface area contributed by atoms with E-state index in [0.29, 0.717) is 24.3 Å². The van der Waals surface area contributed by atoms with E-state index in [2.05, 4.69) is 5.32 Å². The molecule has 1 fully saturated rings. The SMILES string of the molecule is Cc1ccc(Oc2ccc(NC(=O)[C@@H]3CCCC[C@H]3C(=O)O)cc2)cc1. The predicted octanol–water partition coefficient (Wildman–Crippen LogP) is 4.62. The molecule has 1 saturated carbocycles. The molecular weight excluding hydrogens is 330 g/mol. The van der Waals surface area contributed by atoms with Crippen LogP contribution in [-0.2, 0) is 9.59 Å². The molecule has 1 aliphatic rings. The first-order valence-corrected chi connectivity index (χ1v) is 8.91. The van der Waals surface area contributed by atoms with E-state index in [9.17, 15) is 14.7 Å². The van der Waals surface area contributed by atoms with Gasteiger partial charge >= 0.3 is 5.97 Å². The maximum atomic E-state index is 12.5. The molecule has 0 bridgehead atoms. The second-order valence-electron chi connectivity index (χ2n) is 6.76. The summed E-state index contributed by atoms with van der Waals surface area (Å²) in [5.74, 6) is -0.736. The lowest BCUT2D eigenvalue weighted by atomic mass is 9.78. The third-order valence-corrected chi connectivity index (χ3v) is 4.80. The smallest absolute Gasteiger partial charge is 0.307 e. The van der Waals surface area contributed by atoms with Crippen molar-refractivity contribution < 1.29 is 19.4 Å². The van der Waals surface area contributed by atoms with Crippen LogP contribution in [0, 0.1) is 18.8 Å². The number of aliphatic carboxylic acids is 1. The van der Waals surface area contributed by atoms with E-state index in [1.165, 1.54) is 0 Å². The fraction of sp³-hybridized carbons (Fsp3) is 0.333. The van der Waals surface area contributed by atoms with Gasteiger partial charge in [-0.15, -0.1) is 0 Å². The van der Waals surface area contributed by atoms with Gasteiger partial charge in [0.25, 0.3) is 0 Å². The van der Waals surface area contributed by atoms with Crippen molar-refractivity contribution in [3.63, 3.8) is 0 Å². The minimum atomic E-state index is -0.883. The first-order valence-electron chi connectivity index (χ1n) is 8.91. The topological polar surface area (TPSA) is 75.6 Å². The molecule has 1 amide bonds. The Kier molecular flexibility index (Phi) is 5.56. The molecule has 1 aliphatic carbocycles. The molecule has 2 atom stereocenters. The maximum Gasteiger partial charge on any atom is 0.307 e. The number of rotatable bonds is 5. The summed E-state index contributed by atoms with van der Waals surface area (Å²) in [6.45, 7) is 2.02. The summed E-state index contributed by atoms with van der Waals surface area (Å²) in [5.41, 5.74) is 1.80. The highest BCUT2D eigenvalue weighted by Gasteiger charge is 2.35. The molecule has 0 spiro atoms. The summed E-state index contributed by atoms with van der Waals surface area (Å²) in [5, 5.41) is 12.2. The van der Waals surface area contributed by atoms with E-state index in [-0.39, 0.29) is 5.91 Å². The number of carboxylic acids is 1. The number of aryl methyl sites for hydroxylation is 1. The highest BCUT2D eigenvalue weighted by Crippen LogP contribution is 2.31. The van der Waals surface area contributed by atoms with Crippen molar-refractivity contribution in [1.29, 1.82) is 0 Å². The van der Waals surface area contributed by atoms with Crippen LogP contribution in [0.3, 0.4) is 0 Å². The Morgan fingerprint density at radius 1 is 0.923 bits per heavy atom. The average molecular weight is 353 g/mol. The van der Waals surface area contributed by atoms with Crippen molar-refractivity contribution in [3.8, 4) is 11.5 Å². The molecule has 2 aromatic rings. The molecule has 0 heterocycles. The fourth-order valence-corrected chi connectivity index (χ4v) is 3.32. The van der Waals surface area contributed by atoms with Crippen LogP contribution >= 0.6 is 0 Å². The fourth-order valence-electron chi connectivity index (χ4n) is 3.32. The van der Waals surface area contributed by atoms with Crippen LogP contribution in [0.4, 0.5) is 5.69 Å². The zero-order valence-corrected chi connectivity index (χ0v) is 14.8. The van der Waals surface area contributed by atoms with Gasteiger partial charge in [0.05, 0.1) is 11.8 Å². The number of nitrogens with one attached hydrogen (secondary N) is 1. The summed E-state index contributed by atoms with van der Waals surface area (Å²) < 4.78 is 5.77. The van der Waals surface area contributed by atoms with Gasteiger partial charge in [-0.1, -0.05) is 30.5 Å². The molecule has 136 valence electrons. The van der Waals surface area contributed by atoms with E-state index in [4.69, 9.17) is 4.74 Å². The van der Waals surface area contributed by atoms with E-state index in [0.717, 1.165) is 24.2 Å². The molecule has 3 rings (SSSR count). The van der Waals surface area contributed by atoms with Crippen molar-refractivity contribution in [2.75, 3.05) is 5.32 Å². The molecule has 26 heavy (non-hydrogen) atoms. The molecule has 2 aromatic carbocycles. The largest absolute Gasteiger partial charge is 0.481 e. The second kappa shape index (κ2) is 8.04. The number of carbonyl (C=O) groups excluding carboxylic acids is 1. The zero-order chi connectivity index (χ0) is 18.5. The van der Waals surface area contributed by atoms with Crippen LogP contribution in [0.2, 0.25) is 0 Å². The summed E-state index contributed by atoms with van der Waals surface area (Å²) in [4.78, 5) is 23.8. The van der Waals surface area contributed by atoms with E-state index >= 15 is 0 Å². The minimum absolute atomic E-state index is 0.218. The van der Waals surface area contributed by atoms with E-state index < -0.39 is 17.8 Å². The zero-order valence-electron chi connectivity index (χ0n) is 14.8. The van der Waals surface area contributed by atoms with Gasteiger partial charge < -0.3 is 15.2 Å². The van der Waals surface area contributed by atoms with Gasteiger partial charge in [-0.3, -0.25) is 9.59 Å². The first-order chi connectivity index (χ1) is 12.5. The normalized spacial score (nSPS) is 19.6. The van der Waals surface area contributed by atoms with Crippen molar-refractivity contribution in [2.45, 2.75) is 32.6 Å². The average Bonchev–Trinajstić information content (AvgIpc) is 2.65. The highest BCUT2D eigenvalue weighted by molar-refractivity contribution is 5.95. The van der Waals surface area contributed by atoms with Gasteiger partial charge in [-0.25, -0.2) is 0 Å². The lowest BCUT2D eigenvalue weighted by Gasteiger charge is -2.27. The van der Waals surface area contributed by atoms with E-state index in [1.807, 2.05) is 31.2 Å². The quantitative estimate of drug-likeness (QED) is 0.822. The Balaban J connectivity index is 1.62. The first kappa shape index (κ1) is 18.0. The van der Waals surface area contributed by atoms with Crippen molar-refractivity contribution >= 4 is 17.6 Å². The van der Waals surface area contributed by atoms with Crippen molar-refractivity contribution in [2.24, 2.45) is 11.8 Å². The molecule has 0 aromatic heterocycles. The summed E-state index contributed by atoms with van der Waals surface area (Å²) in [6.07, 6.45) is 2.95. The molecule has 0 unspecified atom stereocenters. The molecular formula is C21H23NO4. The summed E-state index contributed by atoms with van der Waals surface area (Å²) >= 11 is 0. The highest BCUT2D eigenvalue weighted by atomic mass is 16.5. The predicted molar refractivity (Wildman–Crippen MR) is 99.4 cm³/mol. The van der Waals surface area contributed by atoms with Gasteiger partial charge in [0.2, 0.25) is 5.91 Å². The number of amides is 1. The number of carboxylic acid groups (broad SMARTS) is 1. The third kappa shape index (κ3) is 4.42. The van der Waals surface area contributed by atoms with Crippen LogP contribution < -0.4 is 10.1 Å². The monoisotopic (exact) mass is 353 g/mol. The number of carbonyl (C=O) groups is 2. The van der Waals surface area contributed by atoms with Gasteiger partial charge in [-0.05, 0) is 56.2 Å². The number of ether oxygens (including phenoxy) is 1. The van der Waals surface area contributed by atoms with Gasteiger partial charge in [-0.2, -0.15) is 0 Å². The van der Waals surface area contributed by atoms with Crippen molar-refractivity contribution in [1.82, 2.24) is 0 Å². The molecule has 0 radical (unpaired) electrons.